The largest absolute Gasteiger partial charge is 0.507 e. The van der Waals surface area contributed by atoms with E-state index in [0.717, 1.165) is 18.7 Å². The predicted octanol–water partition coefficient (Wildman–Crippen LogP) is 3.30. The van der Waals surface area contributed by atoms with Gasteiger partial charge in [0.15, 0.2) is 5.82 Å². The molecule has 160 valence electrons. The van der Waals surface area contributed by atoms with E-state index in [-0.39, 0.29) is 28.7 Å². The quantitative estimate of drug-likeness (QED) is 0.585. The highest BCUT2D eigenvalue weighted by Gasteiger charge is 2.21. The van der Waals surface area contributed by atoms with Gasteiger partial charge in [-0.05, 0) is 43.2 Å². The molecular formula is C22H22FN5O3. The molecule has 3 N–H and O–H groups in total. The number of halogens is 1. The van der Waals surface area contributed by atoms with Crippen molar-refractivity contribution in [3.63, 3.8) is 0 Å². The Morgan fingerprint density at radius 3 is 2.90 bits per heavy atom. The second kappa shape index (κ2) is 8.34. The highest BCUT2D eigenvalue weighted by atomic mass is 19.1. The molecule has 0 spiro atoms. The molecule has 1 saturated heterocycles. The minimum Gasteiger partial charge on any atom is -0.507 e. The number of hydrogen-bond acceptors (Lipinski definition) is 8. The van der Waals surface area contributed by atoms with Crippen LogP contribution in [0.5, 0.6) is 5.75 Å². The molecule has 0 aliphatic carbocycles. The van der Waals surface area contributed by atoms with E-state index in [1.54, 1.807) is 19.2 Å². The van der Waals surface area contributed by atoms with Gasteiger partial charge in [0, 0.05) is 30.9 Å². The van der Waals surface area contributed by atoms with Crippen molar-refractivity contribution in [2.24, 2.45) is 0 Å². The number of nitrogens with zero attached hydrogens (tertiary/aromatic N) is 4. The summed E-state index contributed by atoms with van der Waals surface area (Å²) < 4.78 is 20.2. The van der Waals surface area contributed by atoms with E-state index in [0.29, 0.717) is 29.7 Å². The highest BCUT2D eigenvalue weighted by Crippen LogP contribution is 2.34. The SMILES string of the molecule is CCN1CC(=CNc2nc3nc(-c4c(C)cc(C#N)cc4O)cc(F)c3o2)C[C@H](O)C1. The van der Waals surface area contributed by atoms with Crippen LogP contribution in [-0.4, -0.2) is 50.8 Å². The number of β-amino-alcohol motifs (C(OH)–C–C–N with tert-alkyl or cyclic N) is 1. The number of anilines is 1. The number of aromatic nitrogens is 2. The Bertz CT molecular complexity index is 1190. The lowest BCUT2D eigenvalue weighted by Crippen LogP contribution is -2.39. The standard InChI is InChI=1S/C22H22FN5O3/c1-3-28-10-14(5-15(29)11-28)9-25-22-27-21-20(31-22)16(23)7-17(26-21)19-12(2)4-13(8-24)6-18(19)30/h4,6-7,9,15,29-30H,3,5,10-11H2,1-2H3,(H,25,26,27)/t15-/m0/s1. The lowest BCUT2D eigenvalue weighted by atomic mass is 10.0. The van der Waals surface area contributed by atoms with Gasteiger partial charge in [0.05, 0.1) is 23.4 Å². The molecule has 1 aromatic carbocycles. The first-order valence-corrected chi connectivity index (χ1v) is 9.94. The van der Waals surface area contributed by atoms with Crippen LogP contribution in [0.2, 0.25) is 0 Å². The Hall–Kier alpha value is -3.48. The molecule has 0 unspecified atom stereocenters. The summed E-state index contributed by atoms with van der Waals surface area (Å²) in [6.07, 6.45) is 1.82. The number of aliphatic hydroxyl groups excluding tert-OH is 1. The number of phenolic OH excluding ortho intramolecular Hbond substituents is 1. The summed E-state index contributed by atoms with van der Waals surface area (Å²) in [4.78, 5) is 10.7. The number of likely N-dealkylation sites (N-methyl/N-ethyl adjacent to an activating group) is 1. The number of benzene rings is 1. The van der Waals surface area contributed by atoms with Crippen molar-refractivity contribution in [3.05, 3.63) is 46.9 Å². The van der Waals surface area contributed by atoms with Crippen molar-refractivity contribution in [1.29, 1.82) is 5.26 Å². The number of aromatic hydroxyl groups is 1. The third kappa shape index (κ3) is 4.21. The fourth-order valence-corrected chi connectivity index (χ4v) is 3.82. The summed E-state index contributed by atoms with van der Waals surface area (Å²) in [6, 6.07) is 6.12. The van der Waals surface area contributed by atoms with Crippen molar-refractivity contribution in [2.45, 2.75) is 26.4 Å². The summed E-state index contributed by atoms with van der Waals surface area (Å²) >= 11 is 0. The lowest BCUT2D eigenvalue weighted by Gasteiger charge is -2.30. The molecule has 0 saturated carbocycles. The van der Waals surface area contributed by atoms with E-state index in [9.17, 15) is 14.6 Å². The van der Waals surface area contributed by atoms with Crippen LogP contribution in [0.25, 0.3) is 22.5 Å². The highest BCUT2D eigenvalue weighted by molar-refractivity contribution is 5.79. The number of pyridine rings is 1. The summed E-state index contributed by atoms with van der Waals surface area (Å²) in [5.41, 5.74) is 2.34. The molecule has 0 amide bonds. The Balaban J connectivity index is 1.65. The van der Waals surface area contributed by atoms with Crippen molar-refractivity contribution >= 4 is 17.2 Å². The molecule has 1 aliphatic rings. The molecule has 8 nitrogen and oxygen atoms in total. The minimum atomic E-state index is -0.665. The first-order chi connectivity index (χ1) is 14.9. The number of piperidine rings is 1. The molecule has 1 fully saturated rings. The average molecular weight is 423 g/mol. The van der Waals surface area contributed by atoms with Crippen LogP contribution in [0.1, 0.15) is 24.5 Å². The van der Waals surface area contributed by atoms with Crippen LogP contribution >= 0.6 is 0 Å². The van der Waals surface area contributed by atoms with Crippen molar-refractivity contribution < 1.29 is 19.0 Å². The van der Waals surface area contributed by atoms with Crippen LogP contribution in [0, 0.1) is 24.1 Å². The number of phenols is 1. The lowest BCUT2D eigenvalue weighted by molar-refractivity contribution is 0.0973. The molecule has 1 atom stereocenters. The maximum atomic E-state index is 14.7. The predicted molar refractivity (Wildman–Crippen MR) is 113 cm³/mol. The molecule has 3 aromatic rings. The van der Waals surface area contributed by atoms with Crippen molar-refractivity contribution in [2.75, 3.05) is 25.0 Å². The fourth-order valence-electron chi connectivity index (χ4n) is 3.82. The van der Waals surface area contributed by atoms with Gasteiger partial charge < -0.3 is 19.9 Å². The van der Waals surface area contributed by atoms with Crippen molar-refractivity contribution in [1.82, 2.24) is 14.9 Å². The van der Waals surface area contributed by atoms with E-state index in [2.05, 4.69) is 20.2 Å². The number of aliphatic hydroxyl groups is 1. The average Bonchev–Trinajstić information content (AvgIpc) is 3.15. The van der Waals surface area contributed by atoms with E-state index in [1.807, 2.05) is 13.0 Å². The molecule has 0 radical (unpaired) electrons. The first-order valence-electron chi connectivity index (χ1n) is 9.94. The number of nitrogens with one attached hydrogen (secondary N) is 1. The van der Waals surface area contributed by atoms with Gasteiger partial charge in [-0.3, -0.25) is 4.90 Å². The molecule has 0 bridgehead atoms. The molecule has 31 heavy (non-hydrogen) atoms. The Labute approximate surface area is 178 Å². The van der Waals surface area contributed by atoms with E-state index < -0.39 is 11.9 Å². The summed E-state index contributed by atoms with van der Waals surface area (Å²) in [5, 5.41) is 32.3. The second-order valence-electron chi connectivity index (χ2n) is 7.59. The normalized spacial score (nSPS) is 18.4. The monoisotopic (exact) mass is 423 g/mol. The van der Waals surface area contributed by atoms with Gasteiger partial charge in [-0.25, -0.2) is 9.37 Å². The van der Waals surface area contributed by atoms with Gasteiger partial charge in [0.25, 0.3) is 0 Å². The Morgan fingerprint density at radius 2 is 2.19 bits per heavy atom. The molecule has 2 aromatic heterocycles. The third-order valence-electron chi connectivity index (χ3n) is 5.26. The van der Waals surface area contributed by atoms with Crippen LogP contribution in [0.3, 0.4) is 0 Å². The number of aryl methyl sites for hydroxylation is 1. The van der Waals surface area contributed by atoms with Gasteiger partial charge >= 0.3 is 6.01 Å². The first kappa shape index (κ1) is 20.8. The van der Waals surface area contributed by atoms with Gasteiger partial charge in [-0.2, -0.15) is 10.2 Å². The van der Waals surface area contributed by atoms with E-state index in [1.165, 1.54) is 12.1 Å². The Morgan fingerprint density at radius 1 is 1.39 bits per heavy atom. The van der Waals surface area contributed by atoms with Gasteiger partial charge in [-0.15, -0.1) is 0 Å². The number of fused-ring (bicyclic) bond motifs is 1. The maximum Gasteiger partial charge on any atom is 0.301 e. The zero-order chi connectivity index (χ0) is 22.1. The van der Waals surface area contributed by atoms with Crippen LogP contribution in [0.4, 0.5) is 10.4 Å². The number of oxazole rings is 1. The number of nitriles is 1. The summed E-state index contributed by atoms with van der Waals surface area (Å²) in [5.74, 6) is -0.827. The number of hydrogen-bond donors (Lipinski definition) is 3. The smallest absolute Gasteiger partial charge is 0.301 e. The zero-order valence-corrected chi connectivity index (χ0v) is 17.2. The summed E-state index contributed by atoms with van der Waals surface area (Å²) in [6.45, 7) is 5.92. The van der Waals surface area contributed by atoms with Crippen LogP contribution in [0.15, 0.2) is 34.4 Å². The summed E-state index contributed by atoms with van der Waals surface area (Å²) in [7, 11) is 0. The van der Waals surface area contributed by atoms with Crippen LogP contribution in [-0.2, 0) is 0 Å². The Kier molecular flexibility index (Phi) is 5.59. The van der Waals surface area contributed by atoms with Gasteiger partial charge in [0.2, 0.25) is 11.2 Å². The molecule has 1 aliphatic heterocycles. The van der Waals surface area contributed by atoms with Crippen LogP contribution < -0.4 is 5.32 Å². The second-order valence-corrected chi connectivity index (χ2v) is 7.59. The van der Waals surface area contributed by atoms with Gasteiger partial charge in [0.1, 0.15) is 5.75 Å². The number of rotatable bonds is 4. The minimum absolute atomic E-state index is 0.0536. The van der Waals surface area contributed by atoms with Crippen molar-refractivity contribution in [3.8, 4) is 23.1 Å². The van der Waals surface area contributed by atoms with E-state index in [4.69, 9.17) is 9.68 Å². The number of likely N-dealkylation sites (tertiary alicyclic amines) is 1. The topological polar surface area (TPSA) is 118 Å². The molecule has 4 rings (SSSR count). The third-order valence-corrected chi connectivity index (χ3v) is 5.26. The van der Waals surface area contributed by atoms with E-state index >= 15 is 0 Å². The molecule has 9 heteroatoms. The molecule has 3 heterocycles. The molecular weight excluding hydrogens is 401 g/mol. The fraction of sp³-hybridized carbons (Fsp3) is 0.318. The van der Waals surface area contributed by atoms with Gasteiger partial charge in [-0.1, -0.05) is 6.92 Å². The maximum absolute atomic E-state index is 14.7. The zero-order valence-electron chi connectivity index (χ0n) is 17.2.